The van der Waals surface area contributed by atoms with E-state index >= 15 is 0 Å². The van der Waals surface area contributed by atoms with Gasteiger partial charge in [-0.2, -0.15) is 5.10 Å². The number of rotatable bonds is 6. The summed E-state index contributed by atoms with van der Waals surface area (Å²) in [5.41, 5.74) is 4.60. The van der Waals surface area contributed by atoms with Gasteiger partial charge in [-0.3, -0.25) is 9.48 Å². The van der Waals surface area contributed by atoms with E-state index in [0.717, 1.165) is 37.2 Å². The molecule has 3 rings (SSSR count). The van der Waals surface area contributed by atoms with Gasteiger partial charge < -0.3 is 4.74 Å². The molecule has 0 saturated heterocycles. The van der Waals surface area contributed by atoms with Crippen LogP contribution in [0.1, 0.15) is 32.9 Å². The fraction of sp³-hybridized carbons (Fsp3) is 0.182. The maximum atomic E-state index is 12.4. The number of allylic oxidation sites excluding steroid dienone is 1. The molecule has 0 amide bonds. The average Bonchev–Trinajstić information content (AvgIpc) is 2.93. The van der Waals surface area contributed by atoms with Crippen molar-refractivity contribution in [2.24, 2.45) is 0 Å². The number of aryl methyl sites for hydroxylation is 1. The van der Waals surface area contributed by atoms with Crippen molar-refractivity contribution in [3.05, 3.63) is 85.6 Å². The Labute approximate surface area is 181 Å². The Bertz CT molecular complexity index is 1040. The molecular weight excluding hydrogens is 484 g/mol. The Morgan fingerprint density at radius 2 is 1.86 bits per heavy atom. The number of carbonyl (C=O) groups is 1. The average molecular weight is 504 g/mol. The highest BCUT2D eigenvalue weighted by atomic mass is 79.9. The van der Waals surface area contributed by atoms with Crippen LogP contribution in [0, 0.1) is 13.8 Å². The molecule has 0 bridgehead atoms. The zero-order chi connectivity index (χ0) is 20.3. The molecule has 0 saturated carbocycles. The summed E-state index contributed by atoms with van der Waals surface area (Å²) >= 11 is 6.94. The normalized spacial score (nSPS) is 11.2. The molecule has 0 N–H and O–H groups in total. The first-order chi connectivity index (χ1) is 13.4. The van der Waals surface area contributed by atoms with Crippen LogP contribution >= 0.6 is 31.9 Å². The molecule has 1 aromatic heterocycles. The number of ketones is 1. The summed E-state index contributed by atoms with van der Waals surface area (Å²) in [4.78, 5) is 12.4. The topological polar surface area (TPSA) is 44.1 Å². The molecule has 0 atom stereocenters. The van der Waals surface area contributed by atoms with Gasteiger partial charge in [-0.25, -0.2) is 0 Å². The fourth-order valence-electron chi connectivity index (χ4n) is 2.90. The first kappa shape index (κ1) is 20.6. The molecule has 2 aromatic carbocycles. The fourth-order valence-corrected chi connectivity index (χ4v) is 3.45. The predicted molar refractivity (Wildman–Crippen MR) is 119 cm³/mol. The summed E-state index contributed by atoms with van der Waals surface area (Å²) in [7, 11) is 1.66. The maximum Gasteiger partial charge on any atom is 0.185 e. The summed E-state index contributed by atoms with van der Waals surface area (Å²) in [6.07, 6.45) is 3.42. The van der Waals surface area contributed by atoms with E-state index in [1.165, 1.54) is 0 Å². The number of hydrogen-bond acceptors (Lipinski definition) is 3. The Morgan fingerprint density at radius 3 is 2.46 bits per heavy atom. The monoisotopic (exact) mass is 502 g/mol. The van der Waals surface area contributed by atoms with Gasteiger partial charge >= 0.3 is 0 Å². The van der Waals surface area contributed by atoms with Crippen LogP contribution in [-0.2, 0) is 6.54 Å². The molecule has 4 nitrogen and oxygen atoms in total. The number of aromatic nitrogens is 2. The third kappa shape index (κ3) is 4.62. The van der Waals surface area contributed by atoms with Crippen molar-refractivity contribution in [1.29, 1.82) is 0 Å². The number of methoxy groups -OCH3 is 1. The predicted octanol–water partition coefficient (Wildman–Crippen LogP) is 5.98. The summed E-state index contributed by atoms with van der Waals surface area (Å²) in [6, 6.07) is 13.2. The van der Waals surface area contributed by atoms with Crippen LogP contribution in [0.3, 0.4) is 0 Å². The molecule has 28 heavy (non-hydrogen) atoms. The first-order valence-corrected chi connectivity index (χ1v) is 10.3. The zero-order valence-corrected chi connectivity index (χ0v) is 19.0. The molecule has 0 aliphatic rings. The van der Waals surface area contributed by atoms with Crippen molar-refractivity contribution < 1.29 is 9.53 Å². The number of nitrogens with zero attached hydrogens (tertiary/aromatic N) is 2. The summed E-state index contributed by atoms with van der Waals surface area (Å²) in [6.45, 7) is 4.58. The van der Waals surface area contributed by atoms with Crippen molar-refractivity contribution >= 4 is 43.7 Å². The van der Waals surface area contributed by atoms with Crippen molar-refractivity contribution in [1.82, 2.24) is 9.78 Å². The number of hydrogen-bond donors (Lipinski definition) is 0. The van der Waals surface area contributed by atoms with Crippen molar-refractivity contribution in [2.75, 3.05) is 7.11 Å². The molecule has 0 aliphatic heterocycles. The molecule has 0 aliphatic carbocycles. The Kier molecular flexibility index (Phi) is 6.52. The summed E-state index contributed by atoms with van der Waals surface area (Å²) in [5, 5.41) is 4.57. The Balaban J connectivity index is 1.84. The number of ether oxygens (including phenoxy) is 1. The van der Waals surface area contributed by atoms with E-state index in [4.69, 9.17) is 4.74 Å². The van der Waals surface area contributed by atoms with Crippen molar-refractivity contribution in [3.8, 4) is 5.75 Å². The molecule has 1 heterocycles. The standard InChI is InChI=1S/C22H20Br2N2O2/c1-14-22(24)15(2)26(25-14)13-18-12-16(5-11-21(18)28-3)4-10-20(27)17-6-8-19(23)9-7-17/h4-12H,13H2,1-3H3/b10-4+. The highest BCUT2D eigenvalue weighted by molar-refractivity contribution is 9.10. The van der Waals surface area contributed by atoms with Crippen LogP contribution in [0.15, 0.2) is 57.5 Å². The largest absolute Gasteiger partial charge is 0.496 e. The van der Waals surface area contributed by atoms with Crippen molar-refractivity contribution in [3.63, 3.8) is 0 Å². The lowest BCUT2D eigenvalue weighted by Crippen LogP contribution is -2.06. The maximum absolute atomic E-state index is 12.4. The highest BCUT2D eigenvalue weighted by Crippen LogP contribution is 2.25. The van der Waals surface area contributed by atoms with Gasteiger partial charge in [0.2, 0.25) is 0 Å². The van der Waals surface area contributed by atoms with Gasteiger partial charge in [0.05, 0.1) is 29.5 Å². The SMILES string of the molecule is COc1ccc(/C=C/C(=O)c2ccc(Br)cc2)cc1Cn1nc(C)c(Br)c1C. The second-order valence-corrected chi connectivity index (χ2v) is 8.13. The first-order valence-electron chi connectivity index (χ1n) is 8.73. The van der Waals surface area contributed by atoms with Crippen LogP contribution in [0.5, 0.6) is 5.75 Å². The van der Waals surface area contributed by atoms with E-state index < -0.39 is 0 Å². The van der Waals surface area contributed by atoms with E-state index in [-0.39, 0.29) is 5.78 Å². The lowest BCUT2D eigenvalue weighted by molar-refractivity contribution is 0.104. The quantitative estimate of drug-likeness (QED) is 0.307. The van der Waals surface area contributed by atoms with Gasteiger partial charge in [-0.05, 0) is 77.8 Å². The molecule has 0 unspecified atom stereocenters. The van der Waals surface area contributed by atoms with Gasteiger partial charge in [0.1, 0.15) is 5.75 Å². The zero-order valence-electron chi connectivity index (χ0n) is 15.9. The molecule has 0 fully saturated rings. The van der Waals surface area contributed by atoms with Crippen molar-refractivity contribution in [2.45, 2.75) is 20.4 Å². The number of carbonyl (C=O) groups excluding carboxylic acids is 1. The minimum atomic E-state index is -0.0349. The van der Waals surface area contributed by atoms with E-state index in [1.54, 1.807) is 25.3 Å². The van der Waals surface area contributed by atoms with Gasteiger partial charge in [-0.1, -0.05) is 28.1 Å². The molecule has 3 aromatic rings. The van der Waals surface area contributed by atoms with E-state index in [0.29, 0.717) is 12.1 Å². The molecular formula is C22H20Br2N2O2. The third-order valence-electron chi connectivity index (χ3n) is 4.47. The molecule has 0 radical (unpaired) electrons. The van der Waals surface area contributed by atoms with Gasteiger partial charge in [0.25, 0.3) is 0 Å². The van der Waals surface area contributed by atoms with Crippen LogP contribution in [0.25, 0.3) is 6.08 Å². The third-order valence-corrected chi connectivity index (χ3v) is 6.15. The Morgan fingerprint density at radius 1 is 1.14 bits per heavy atom. The number of halogens is 2. The molecule has 144 valence electrons. The van der Waals surface area contributed by atoms with Gasteiger partial charge in [0.15, 0.2) is 5.78 Å². The minimum Gasteiger partial charge on any atom is -0.496 e. The second-order valence-electron chi connectivity index (χ2n) is 6.42. The lowest BCUT2D eigenvalue weighted by Gasteiger charge is -2.11. The van der Waals surface area contributed by atoms with Gasteiger partial charge in [0, 0.05) is 15.6 Å². The van der Waals surface area contributed by atoms with Gasteiger partial charge in [-0.15, -0.1) is 0 Å². The molecule has 0 spiro atoms. The van der Waals surface area contributed by atoms with Crippen LogP contribution in [-0.4, -0.2) is 22.7 Å². The summed E-state index contributed by atoms with van der Waals surface area (Å²) < 4.78 is 9.41. The smallest absolute Gasteiger partial charge is 0.185 e. The Hall–Kier alpha value is -2.18. The van der Waals surface area contributed by atoms with E-state index in [2.05, 4.69) is 37.0 Å². The van der Waals surface area contributed by atoms with Crippen LogP contribution in [0.2, 0.25) is 0 Å². The van der Waals surface area contributed by atoms with E-state index in [1.807, 2.05) is 54.9 Å². The van der Waals surface area contributed by atoms with E-state index in [9.17, 15) is 4.79 Å². The minimum absolute atomic E-state index is 0.0349. The number of benzene rings is 2. The van der Waals surface area contributed by atoms with Crippen LogP contribution < -0.4 is 4.74 Å². The van der Waals surface area contributed by atoms with Crippen LogP contribution in [0.4, 0.5) is 0 Å². The molecule has 6 heteroatoms. The highest BCUT2D eigenvalue weighted by Gasteiger charge is 2.12. The summed E-state index contributed by atoms with van der Waals surface area (Å²) in [5.74, 6) is 0.757. The second kappa shape index (κ2) is 8.88. The lowest BCUT2D eigenvalue weighted by atomic mass is 10.1.